The van der Waals surface area contributed by atoms with Crippen LogP contribution in [-0.2, 0) is 11.4 Å². The predicted molar refractivity (Wildman–Crippen MR) is 125 cm³/mol. The van der Waals surface area contributed by atoms with Gasteiger partial charge in [0.05, 0.1) is 25.2 Å². The van der Waals surface area contributed by atoms with Crippen LogP contribution in [0.3, 0.4) is 0 Å². The number of aliphatic hydroxyl groups excluding tert-OH is 4. The standard InChI is InChI=1S/C26H33FO6/c1-15(2)22-12-23(16(3)13-28)24(14-29)26(17-4-6-18(27)7-5-17)21(22)9-8-19(30)10-20(31)11-25(32)33/h4-9,12,15-16,19-20,28-31H,10-11,13-14H2,1-3H3,(H,32,33)/b9-8+/t16-,19-,20-/m1/s1. The van der Waals surface area contributed by atoms with E-state index in [2.05, 4.69) is 0 Å². The molecule has 2 aromatic carbocycles. The normalized spacial score (nSPS) is 14.6. The van der Waals surface area contributed by atoms with Crippen LogP contribution in [-0.4, -0.2) is 50.3 Å². The second kappa shape index (κ2) is 12.0. The van der Waals surface area contributed by atoms with Gasteiger partial charge in [-0.05, 0) is 51.4 Å². The van der Waals surface area contributed by atoms with Crippen molar-refractivity contribution in [3.8, 4) is 11.1 Å². The summed E-state index contributed by atoms with van der Waals surface area (Å²) in [5.74, 6) is -1.73. The molecule has 2 rings (SSSR count). The van der Waals surface area contributed by atoms with E-state index in [0.29, 0.717) is 16.7 Å². The Morgan fingerprint density at radius 3 is 2.21 bits per heavy atom. The van der Waals surface area contributed by atoms with Gasteiger partial charge in [-0.3, -0.25) is 4.79 Å². The Balaban J connectivity index is 2.68. The first kappa shape index (κ1) is 26.7. The number of carboxylic acid groups (broad SMARTS) is 1. The summed E-state index contributed by atoms with van der Waals surface area (Å²) in [6.07, 6.45) is 0.288. The molecule has 0 fully saturated rings. The third kappa shape index (κ3) is 6.95. The van der Waals surface area contributed by atoms with Gasteiger partial charge in [-0.2, -0.15) is 0 Å². The number of aliphatic carboxylic acids is 1. The van der Waals surface area contributed by atoms with Gasteiger partial charge >= 0.3 is 5.97 Å². The number of benzene rings is 2. The average molecular weight is 461 g/mol. The topological polar surface area (TPSA) is 118 Å². The Morgan fingerprint density at radius 2 is 1.70 bits per heavy atom. The molecular weight excluding hydrogens is 427 g/mol. The molecule has 0 amide bonds. The van der Waals surface area contributed by atoms with Crippen molar-refractivity contribution in [2.24, 2.45) is 0 Å². The number of rotatable bonds is 11. The van der Waals surface area contributed by atoms with Crippen LogP contribution < -0.4 is 0 Å². The van der Waals surface area contributed by atoms with E-state index < -0.39 is 30.4 Å². The fraction of sp³-hybridized carbons (Fsp3) is 0.423. The molecule has 7 heteroatoms. The predicted octanol–water partition coefficient (Wildman–Crippen LogP) is 3.80. The minimum Gasteiger partial charge on any atom is -0.481 e. The van der Waals surface area contributed by atoms with Crippen molar-refractivity contribution in [3.63, 3.8) is 0 Å². The second-order valence-corrected chi connectivity index (χ2v) is 8.64. The molecule has 0 aliphatic carbocycles. The first-order chi connectivity index (χ1) is 15.6. The van der Waals surface area contributed by atoms with Crippen LogP contribution in [0.4, 0.5) is 4.39 Å². The van der Waals surface area contributed by atoms with Crippen LogP contribution in [0.2, 0.25) is 0 Å². The van der Waals surface area contributed by atoms with Crippen molar-refractivity contribution in [3.05, 3.63) is 64.5 Å². The first-order valence-corrected chi connectivity index (χ1v) is 11.0. The van der Waals surface area contributed by atoms with E-state index in [4.69, 9.17) is 5.11 Å². The Labute approximate surface area is 193 Å². The number of carboxylic acids is 1. The molecule has 0 spiro atoms. The van der Waals surface area contributed by atoms with Crippen molar-refractivity contribution >= 4 is 12.0 Å². The van der Waals surface area contributed by atoms with Crippen molar-refractivity contribution in [2.75, 3.05) is 6.61 Å². The largest absolute Gasteiger partial charge is 0.481 e. The number of carbonyl (C=O) groups is 1. The Morgan fingerprint density at radius 1 is 1.06 bits per heavy atom. The molecule has 0 saturated heterocycles. The molecule has 180 valence electrons. The van der Waals surface area contributed by atoms with Gasteiger partial charge in [-0.25, -0.2) is 4.39 Å². The third-order valence-electron chi connectivity index (χ3n) is 5.67. The highest BCUT2D eigenvalue weighted by molar-refractivity contribution is 5.81. The van der Waals surface area contributed by atoms with Crippen LogP contribution >= 0.6 is 0 Å². The van der Waals surface area contributed by atoms with E-state index in [1.54, 1.807) is 18.2 Å². The highest BCUT2D eigenvalue weighted by atomic mass is 19.1. The van der Waals surface area contributed by atoms with E-state index >= 15 is 0 Å². The lowest BCUT2D eigenvalue weighted by Gasteiger charge is -2.25. The molecule has 0 aliphatic heterocycles. The summed E-state index contributed by atoms with van der Waals surface area (Å²) in [6.45, 7) is 5.45. The monoisotopic (exact) mass is 460 g/mol. The molecule has 0 unspecified atom stereocenters. The Kier molecular flexibility index (Phi) is 9.73. The van der Waals surface area contributed by atoms with Gasteiger partial charge in [0.25, 0.3) is 0 Å². The zero-order chi connectivity index (χ0) is 24.7. The summed E-state index contributed by atoms with van der Waals surface area (Å²) >= 11 is 0. The zero-order valence-electron chi connectivity index (χ0n) is 19.2. The summed E-state index contributed by atoms with van der Waals surface area (Å²) in [4.78, 5) is 10.8. The molecule has 0 radical (unpaired) electrons. The number of halogens is 1. The maximum Gasteiger partial charge on any atom is 0.305 e. The molecule has 0 aromatic heterocycles. The molecule has 0 bridgehead atoms. The van der Waals surface area contributed by atoms with Crippen molar-refractivity contribution in [1.29, 1.82) is 0 Å². The lowest BCUT2D eigenvalue weighted by atomic mass is 9.81. The Bertz CT molecular complexity index is 968. The summed E-state index contributed by atoms with van der Waals surface area (Å²) < 4.78 is 13.6. The fourth-order valence-electron chi connectivity index (χ4n) is 3.95. The Hall–Kier alpha value is -2.58. The average Bonchev–Trinajstić information content (AvgIpc) is 2.75. The van der Waals surface area contributed by atoms with Gasteiger partial charge in [0.15, 0.2) is 0 Å². The van der Waals surface area contributed by atoms with E-state index in [0.717, 1.165) is 16.7 Å². The van der Waals surface area contributed by atoms with Gasteiger partial charge in [0.1, 0.15) is 5.82 Å². The molecule has 2 aromatic rings. The first-order valence-electron chi connectivity index (χ1n) is 11.0. The van der Waals surface area contributed by atoms with Crippen LogP contribution in [0.1, 0.15) is 67.7 Å². The molecule has 0 saturated carbocycles. The summed E-state index contributed by atoms with van der Waals surface area (Å²) in [7, 11) is 0. The molecule has 3 atom stereocenters. The maximum atomic E-state index is 13.6. The van der Waals surface area contributed by atoms with Gasteiger partial charge in [-0.1, -0.05) is 51.1 Å². The molecule has 0 heterocycles. The number of hydrogen-bond donors (Lipinski definition) is 5. The molecule has 6 nitrogen and oxygen atoms in total. The fourth-order valence-corrected chi connectivity index (χ4v) is 3.95. The smallest absolute Gasteiger partial charge is 0.305 e. The highest BCUT2D eigenvalue weighted by Crippen LogP contribution is 2.39. The minimum atomic E-state index is -1.19. The summed E-state index contributed by atoms with van der Waals surface area (Å²) in [5, 5.41) is 49.0. The number of hydrogen-bond acceptors (Lipinski definition) is 5. The van der Waals surface area contributed by atoms with E-state index in [-0.39, 0.29) is 31.5 Å². The zero-order valence-corrected chi connectivity index (χ0v) is 19.2. The van der Waals surface area contributed by atoms with Gasteiger partial charge in [0.2, 0.25) is 0 Å². The number of aliphatic hydroxyl groups is 4. The van der Waals surface area contributed by atoms with Crippen LogP contribution in [0.5, 0.6) is 0 Å². The van der Waals surface area contributed by atoms with Crippen LogP contribution in [0, 0.1) is 5.82 Å². The molecule has 33 heavy (non-hydrogen) atoms. The van der Waals surface area contributed by atoms with Crippen molar-refractivity contribution in [2.45, 2.75) is 64.3 Å². The van der Waals surface area contributed by atoms with Crippen molar-refractivity contribution in [1.82, 2.24) is 0 Å². The van der Waals surface area contributed by atoms with Crippen molar-refractivity contribution < 1.29 is 34.7 Å². The van der Waals surface area contributed by atoms with Crippen LogP contribution in [0.15, 0.2) is 36.4 Å². The van der Waals surface area contributed by atoms with E-state index in [9.17, 15) is 29.6 Å². The SMILES string of the molecule is CC(C)c1cc([C@H](C)CO)c(CO)c(-c2ccc(F)cc2)c1/C=C/[C@@H](O)C[C@@H](O)CC(=O)O. The van der Waals surface area contributed by atoms with Gasteiger partial charge < -0.3 is 25.5 Å². The van der Waals surface area contributed by atoms with E-state index in [1.807, 2.05) is 26.8 Å². The molecule has 5 N–H and O–H groups in total. The molecule has 0 aliphatic rings. The maximum absolute atomic E-state index is 13.6. The third-order valence-corrected chi connectivity index (χ3v) is 5.67. The lowest BCUT2D eigenvalue weighted by Crippen LogP contribution is -2.19. The molecular formula is C26H33FO6. The summed E-state index contributed by atoms with van der Waals surface area (Å²) in [6, 6.07) is 7.84. The lowest BCUT2D eigenvalue weighted by molar-refractivity contribution is -0.139. The van der Waals surface area contributed by atoms with Gasteiger partial charge in [-0.15, -0.1) is 0 Å². The second-order valence-electron chi connectivity index (χ2n) is 8.64. The van der Waals surface area contributed by atoms with Crippen LogP contribution in [0.25, 0.3) is 17.2 Å². The quantitative estimate of drug-likeness (QED) is 0.348. The van der Waals surface area contributed by atoms with Gasteiger partial charge in [0, 0.05) is 18.9 Å². The minimum absolute atomic E-state index is 0.0518. The highest BCUT2D eigenvalue weighted by Gasteiger charge is 2.22. The summed E-state index contributed by atoms with van der Waals surface area (Å²) in [5.41, 5.74) is 4.38. The van der Waals surface area contributed by atoms with E-state index in [1.165, 1.54) is 18.2 Å².